The molecule has 0 radical (unpaired) electrons. The van der Waals surface area contributed by atoms with Crippen LogP contribution in [0.15, 0.2) is 16.5 Å². The average molecular weight is 240 g/mol. The maximum Gasteiger partial charge on any atom is 0.302 e. The van der Waals surface area contributed by atoms with Crippen LogP contribution in [0, 0.1) is 0 Å². The molecular weight excluding hydrogens is 220 g/mol. The Morgan fingerprint density at radius 2 is 1.88 bits per heavy atom. The van der Waals surface area contributed by atoms with E-state index < -0.39 is 0 Å². The van der Waals surface area contributed by atoms with E-state index >= 15 is 0 Å². The fourth-order valence-corrected chi connectivity index (χ4v) is 1.56. The molecule has 0 saturated heterocycles. The molecule has 4 heteroatoms. The van der Waals surface area contributed by atoms with Gasteiger partial charge in [-0.3, -0.25) is 4.79 Å². The highest BCUT2D eigenvalue weighted by molar-refractivity contribution is 5.65. The summed E-state index contributed by atoms with van der Waals surface area (Å²) in [7, 11) is 0. The van der Waals surface area contributed by atoms with E-state index in [0.29, 0.717) is 6.61 Å². The van der Waals surface area contributed by atoms with Gasteiger partial charge in [0.1, 0.15) is 11.5 Å². The summed E-state index contributed by atoms with van der Waals surface area (Å²) in [4.78, 5) is 10.5. The van der Waals surface area contributed by atoms with Gasteiger partial charge in [0.25, 0.3) is 0 Å². The number of carbonyl (C=O) groups is 1. The maximum absolute atomic E-state index is 10.5. The molecule has 17 heavy (non-hydrogen) atoms. The molecule has 0 aliphatic carbocycles. The molecule has 0 aliphatic heterocycles. The van der Waals surface area contributed by atoms with Gasteiger partial charge in [0, 0.05) is 26.4 Å². The molecule has 0 saturated carbocycles. The highest BCUT2D eigenvalue weighted by atomic mass is 16.5. The topological polar surface area (TPSA) is 59.7 Å². The van der Waals surface area contributed by atoms with E-state index in [1.165, 1.54) is 6.92 Å². The monoisotopic (exact) mass is 240 g/mol. The predicted molar refractivity (Wildman–Crippen MR) is 63.7 cm³/mol. The van der Waals surface area contributed by atoms with Crippen LogP contribution < -0.4 is 0 Å². The molecule has 1 rings (SSSR count). The Hall–Kier alpha value is -1.29. The third-order valence-corrected chi connectivity index (χ3v) is 2.42. The van der Waals surface area contributed by atoms with E-state index in [1.54, 1.807) is 0 Å². The summed E-state index contributed by atoms with van der Waals surface area (Å²) in [5, 5.41) is 8.70. The summed E-state index contributed by atoms with van der Waals surface area (Å²) in [6.45, 7) is 2.09. The number of rotatable bonds is 8. The number of unbranched alkanes of at least 4 members (excludes halogenated alkanes) is 1. The van der Waals surface area contributed by atoms with Crippen LogP contribution in [0.1, 0.15) is 37.7 Å². The number of carbonyl (C=O) groups excluding carboxylic acids is 1. The Kier molecular flexibility index (Phi) is 6.40. The van der Waals surface area contributed by atoms with E-state index in [4.69, 9.17) is 14.3 Å². The highest BCUT2D eigenvalue weighted by Gasteiger charge is 2.02. The SMILES string of the molecule is CC(=O)OCCCCc1ccc(CCCO)o1. The van der Waals surface area contributed by atoms with Gasteiger partial charge in [-0.1, -0.05) is 0 Å². The minimum absolute atomic E-state index is 0.193. The smallest absolute Gasteiger partial charge is 0.302 e. The average Bonchev–Trinajstić information content (AvgIpc) is 2.73. The summed E-state index contributed by atoms with van der Waals surface area (Å²) >= 11 is 0. The highest BCUT2D eigenvalue weighted by Crippen LogP contribution is 2.12. The van der Waals surface area contributed by atoms with Crippen LogP contribution >= 0.6 is 0 Å². The number of furan rings is 1. The number of hydrogen-bond acceptors (Lipinski definition) is 4. The first kappa shape index (κ1) is 13.8. The Morgan fingerprint density at radius 1 is 1.24 bits per heavy atom. The van der Waals surface area contributed by atoms with Gasteiger partial charge < -0.3 is 14.3 Å². The van der Waals surface area contributed by atoms with Crippen LogP contribution in [0.25, 0.3) is 0 Å². The molecule has 0 amide bonds. The van der Waals surface area contributed by atoms with E-state index in [2.05, 4.69) is 0 Å². The normalized spacial score (nSPS) is 10.5. The molecular formula is C13H20O4. The van der Waals surface area contributed by atoms with Gasteiger partial charge in [0.15, 0.2) is 0 Å². The zero-order chi connectivity index (χ0) is 12.5. The van der Waals surface area contributed by atoms with Crippen molar-refractivity contribution >= 4 is 5.97 Å². The van der Waals surface area contributed by atoms with Crippen molar-refractivity contribution in [2.75, 3.05) is 13.2 Å². The lowest BCUT2D eigenvalue weighted by molar-refractivity contribution is -0.141. The van der Waals surface area contributed by atoms with Gasteiger partial charge >= 0.3 is 5.97 Å². The van der Waals surface area contributed by atoms with Crippen LogP contribution in [0.3, 0.4) is 0 Å². The van der Waals surface area contributed by atoms with Crippen molar-refractivity contribution in [2.24, 2.45) is 0 Å². The Balaban J connectivity index is 2.14. The maximum atomic E-state index is 10.5. The molecule has 96 valence electrons. The minimum atomic E-state index is -0.228. The molecule has 1 heterocycles. The first-order chi connectivity index (χ1) is 8.22. The third-order valence-electron chi connectivity index (χ3n) is 2.42. The zero-order valence-electron chi connectivity index (χ0n) is 10.3. The van der Waals surface area contributed by atoms with Crippen molar-refractivity contribution in [1.82, 2.24) is 0 Å². The molecule has 0 unspecified atom stereocenters. The molecule has 4 nitrogen and oxygen atoms in total. The van der Waals surface area contributed by atoms with Gasteiger partial charge in [-0.25, -0.2) is 0 Å². The minimum Gasteiger partial charge on any atom is -0.466 e. The standard InChI is InChI=1S/C13H20O4/c1-11(15)16-10-3-2-5-12-7-8-13(17-12)6-4-9-14/h7-8,14H,2-6,9-10H2,1H3. The third kappa shape index (κ3) is 6.12. The molecule has 0 atom stereocenters. The fourth-order valence-electron chi connectivity index (χ4n) is 1.56. The van der Waals surface area contributed by atoms with Crippen LogP contribution in [0.5, 0.6) is 0 Å². The van der Waals surface area contributed by atoms with Crippen molar-refractivity contribution in [3.05, 3.63) is 23.7 Å². The second-order valence-electron chi connectivity index (χ2n) is 3.99. The van der Waals surface area contributed by atoms with E-state index in [0.717, 1.165) is 43.6 Å². The van der Waals surface area contributed by atoms with Crippen LogP contribution in [0.2, 0.25) is 0 Å². The summed E-state index contributed by atoms with van der Waals surface area (Å²) < 4.78 is 10.4. The number of esters is 1. The first-order valence-electron chi connectivity index (χ1n) is 6.04. The number of ether oxygens (including phenoxy) is 1. The molecule has 0 aliphatic rings. The summed E-state index contributed by atoms with van der Waals surface area (Å²) in [6, 6.07) is 3.93. The summed E-state index contributed by atoms with van der Waals surface area (Å²) in [6.07, 6.45) is 4.18. The number of aliphatic hydroxyl groups is 1. The van der Waals surface area contributed by atoms with Gasteiger partial charge in [0.2, 0.25) is 0 Å². The number of aryl methyl sites for hydroxylation is 2. The van der Waals surface area contributed by atoms with Crippen molar-refractivity contribution in [3.63, 3.8) is 0 Å². The second kappa shape index (κ2) is 7.90. The lowest BCUT2D eigenvalue weighted by atomic mass is 10.2. The lowest BCUT2D eigenvalue weighted by Crippen LogP contribution is -2.00. The molecule has 0 fully saturated rings. The fraction of sp³-hybridized carbons (Fsp3) is 0.615. The Labute approximate surface area is 102 Å². The number of aliphatic hydroxyl groups excluding tert-OH is 1. The van der Waals surface area contributed by atoms with Crippen molar-refractivity contribution in [2.45, 2.75) is 39.0 Å². The zero-order valence-corrected chi connectivity index (χ0v) is 10.3. The molecule has 1 aromatic rings. The Morgan fingerprint density at radius 3 is 2.47 bits per heavy atom. The summed E-state index contributed by atoms with van der Waals surface area (Å²) in [5.74, 6) is 1.66. The van der Waals surface area contributed by atoms with Gasteiger partial charge in [-0.05, 0) is 31.4 Å². The van der Waals surface area contributed by atoms with Crippen LogP contribution in [-0.4, -0.2) is 24.3 Å². The molecule has 0 bridgehead atoms. The van der Waals surface area contributed by atoms with Crippen molar-refractivity contribution < 1.29 is 19.1 Å². The molecule has 1 aromatic heterocycles. The second-order valence-corrected chi connectivity index (χ2v) is 3.99. The van der Waals surface area contributed by atoms with E-state index in [9.17, 15) is 4.79 Å². The molecule has 0 aromatic carbocycles. The Bertz CT molecular complexity index is 330. The molecule has 1 N–H and O–H groups in total. The molecule has 0 spiro atoms. The predicted octanol–water partition coefficient (Wildman–Crippen LogP) is 2.09. The van der Waals surface area contributed by atoms with Crippen molar-refractivity contribution in [3.8, 4) is 0 Å². The number of hydrogen-bond donors (Lipinski definition) is 1. The van der Waals surface area contributed by atoms with Crippen LogP contribution in [0.4, 0.5) is 0 Å². The van der Waals surface area contributed by atoms with E-state index in [-0.39, 0.29) is 12.6 Å². The van der Waals surface area contributed by atoms with Gasteiger partial charge in [0.05, 0.1) is 6.61 Å². The van der Waals surface area contributed by atoms with E-state index in [1.807, 2.05) is 12.1 Å². The summed E-state index contributed by atoms with van der Waals surface area (Å²) in [5.41, 5.74) is 0. The largest absolute Gasteiger partial charge is 0.466 e. The first-order valence-corrected chi connectivity index (χ1v) is 6.04. The lowest BCUT2D eigenvalue weighted by Gasteiger charge is -2.00. The van der Waals surface area contributed by atoms with Gasteiger partial charge in [-0.2, -0.15) is 0 Å². The van der Waals surface area contributed by atoms with Crippen molar-refractivity contribution in [1.29, 1.82) is 0 Å². The quantitative estimate of drug-likeness (QED) is 0.558. The van der Waals surface area contributed by atoms with Crippen LogP contribution in [-0.2, 0) is 22.4 Å². The van der Waals surface area contributed by atoms with Gasteiger partial charge in [-0.15, -0.1) is 0 Å².